The molecular weight excluding hydrogens is 268 g/mol. The Bertz CT molecular complexity index is 502. The molecule has 2 saturated heterocycles. The number of epoxide rings is 2. The molecule has 3 aliphatic rings. The Morgan fingerprint density at radius 2 is 2.16 bits per heavy atom. The van der Waals surface area contributed by atoms with E-state index in [-0.39, 0.29) is 12.2 Å². The van der Waals surface area contributed by atoms with E-state index in [1.807, 2.05) is 6.08 Å². The van der Waals surface area contributed by atoms with E-state index in [2.05, 4.69) is 12.6 Å². The molecule has 0 radical (unpaired) electrons. The van der Waals surface area contributed by atoms with Gasteiger partial charge in [-0.1, -0.05) is 18.2 Å². The highest BCUT2D eigenvalue weighted by molar-refractivity contribution is 7.81. The van der Waals surface area contributed by atoms with Gasteiger partial charge in [0, 0.05) is 5.57 Å². The second kappa shape index (κ2) is 3.63. The second-order valence-corrected chi connectivity index (χ2v) is 6.53. The SMILES string of the molecule is CC(C)(C)OC(=O)C1(C2=CC=CC3OC23)OC1(O)S. The number of esters is 1. The normalized spacial score (nSPS) is 43.3. The van der Waals surface area contributed by atoms with Gasteiger partial charge < -0.3 is 19.3 Å². The van der Waals surface area contributed by atoms with E-state index in [0.29, 0.717) is 5.57 Å². The van der Waals surface area contributed by atoms with Gasteiger partial charge in [0.05, 0.1) is 0 Å². The highest BCUT2D eigenvalue weighted by atomic mass is 32.1. The van der Waals surface area contributed by atoms with Crippen LogP contribution in [0.25, 0.3) is 0 Å². The van der Waals surface area contributed by atoms with Crippen LogP contribution in [0.4, 0.5) is 0 Å². The summed E-state index contributed by atoms with van der Waals surface area (Å²) >= 11 is 3.98. The van der Waals surface area contributed by atoms with Crippen molar-refractivity contribution in [3.63, 3.8) is 0 Å². The summed E-state index contributed by atoms with van der Waals surface area (Å²) in [6.45, 7) is 5.26. The minimum atomic E-state index is -1.84. The van der Waals surface area contributed by atoms with E-state index in [9.17, 15) is 9.90 Å². The molecule has 6 heteroatoms. The van der Waals surface area contributed by atoms with E-state index in [1.54, 1.807) is 32.9 Å². The summed E-state index contributed by atoms with van der Waals surface area (Å²) in [5.41, 5.74) is -1.67. The first kappa shape index (κ1) is 13.2. The van der Waals surface area contributed by atoms with E-state index < -0.39 is 22.3 Å². The van der Waals surface area contributed by atoms with Crippen molar-refractivity contribution in [2.75, 3.05) is 0 Å². The van der Waals surface area contributed by atoms with Crippen molar-refractivity contribution in [3.8, 4) is 0 Å². The zero-order valence-corrected chi connectivity index (χ0v) is 11.8. The standard InChI is InChI=1S/C13H16O5S/c1-11(2,3)17-10(14)12(13(15,19)18-12)7-5-4-6-8-9(7)16-8/h4-6,8-9,15,19H,1-3H3. The molecule has 1 N–H and O–H groups in total. The molecule has 0 aromatic carbocycles. The highest BCUT2D eigenvalue weighted by Gasteiger charge is 2.79. The Morgan fingerprint density at radius 3 is 2.68 bits per heavy atom. The molecule has 0 aromatic rings. The summed E-state index contributed by atoms with van der Waals surface area (Å²) in [5, 5.41) is 8.17. The third-order valence-corrected chi connectivity index (χ3v) is 3.62. The Labute approximate surface area is 116 Å². The molecule has 104 valence electrons. The van der Waals surface area contributed by atoms with Crippen LogP contribution in [0, 0.1) is 0 Å². The molecule has 2 aliphatic heterocycles. The van der Waals surface area contributed by atoms with Gasteiger partial charge in [-0.05, 0) is 20.8 Å². The lowest BCUT2D eigenvalue weighted by atomic mass is 9.91. The second-order valence-electron chi connectivity index (χ2n) is 5.92. The summed E-state index contributed by atoms with van der Waals surface area (Å²) in [6, 6.07) is 0. The monoisotopic (exact) mass is 284 g/mol. The van der Waals surface area contributed by atoms with Crippen molar-refractivity contribution in [1.29, 1.82) is 0 Å². The predicted octanol–water partition coefficient (Wildman–Crippen LogP) is 0.937. The first-order valence-corrected chi connectivity index (χ1v) is 6.55. The molecule has 2 heterocycles. The van der Waals surface area contributed by atoms with Gasteiger partial charge in [-0.15, -0.1) is 12.6 Å². The van der Waals surface area contributed by atoms with E-state index in [1.165, 1.54) is 0 Å². The number of fused-ring (bicyclic) bond motifs is 1. The lowest BCUT2D eigenvalue weighted by Crippen LogP contribution is -2.41. The fraction of sp³-hybridized carbons (Fsp3) is 0.615. The first-order valence-electron chi connectivity index (χ1n) is 6.10. The van der Waals surface area contributed by atoms with Crippen LogP contribution in [-0.2, 0) is 19.0 Å². The first-order chi connectivity index (χ1) is 8.67. The van der Waals surface area contributed by atoms with E-state index in [4.69, 9.17) is 14.2 Å². The molecule has 0 spiro atoms. The van der Waals surface area contributed by atoms with Crippen molar-refractivity contribution < 1.29 is 24.1 Å². The number of carbonyl (C=O) groups excluding carboxylic acids is 1. The maximum Gasteiger partial charge on any atom is 0.350 e. The predicted molar refractivity (Wildman–Crippen MR) is 69.5 cm³/mol. The molecule has 19 heavy (non-hydrogen) atoms. The average molecular weight is 284 g/mol. The molecule has 1 aliphatic carbocycles. The summed E-state index contributed by atoms with van der Waals surface area (Å²) in [6.07, 6.45) is 5.09. The minimum Gasteiger partial charge on any atom is -0.457 e. The molecule has 0 bridgehead atoms. The molecule has 0 saturated carbocycles. The Kier molecular flexibility index (Phi) is 2.52. The van der Waals surface area contributed by atoms with Gasteiger partial charge in [0.15, 0.2) is 0 Å². The lowest BCUT2D eigenvalue weighted by Gasteiger charge is -2.24. The third-order valence-electron chi connectivity index (χ3n) is 3.21. The molecule has 2 fully saturated rings. The number of rotatable bonds is 2. The Hall–Kier alpha value is -0.820. The topological polar surface area (TPSA) is 71.6 Å². The van der Waals surface area contributed by atoms with Crippen molar-refractivity contribution in [2.45, 2.75) is 49.3 Å². The molecule has 0 aromatic heterocycles. The quantitative estimate of drug-likeness (QED) is 0.342. The number of thiol groups is 1. The maximum atomic E-state index is 12.3. The van der Waals surface area contributed by atoms with Crippen molar-refractivity contribution >= 4 is 18.6 Å². The molecule has 5 nitrogen and oxygen atoms in total. The van der Waals surface area contributed by atoms with Gasteiger partial charge in [0.25, 0.3) is 10.7 Å². The van der Waals surface area contributed by atoms with Crippen LogP contribution in [0.3, 0.4) is 0 Å². The third kappa shape index (κ3) is 1.94. The number of hydrogen-bond acceptors (Lipinski definition) is 6. The van der Waals surface area contributed by atoms with Crippen LogP contribution >= 0.6 is 12.6 Å². The smallest absolute Gasteiger partial charge is 0.350 e. The van der Waals surface area contributed by atoms with Gasteiger partial charge >= 0.3 is 5.97 Å². The van der Waals surface area contributed by atoms with Gasteiger partial charge in [0.2, 0.25) is 0 Å². The zero-order valence-electron chi connectivity index (χ0n) is 10.9. The van der Waals surface area contributed by atoms with Crippen LogP contribution in [0.5, 0.6) is 0 Å². The number of allylic oxidation sites excluding steroid dienone is 2. The summed E-state index contributed by atoms with van der Waals surface area (Å²) < 4.78 is 15.9. The van der Waals surface area contributed by atoms with Crippen LogP contribution in [0.1, 0.15) is 20.8 Å². The fourth-order valence-corrected chi connectivity index (χ4v) is 2.64. The summed E-state index contributed by atoms with van der Waals surface area (Å²) in [7, 11) is 0. The van der Waals surface area contributed by atoms with Crippen molar-refractivity contribution in [1.82, 2.24) is 0 Å². The van der Waals surface area contributed by atoms with Gasteiger partial charge in [-0.25, -0.2) is 4.79 Å². The van der Waals surface area contributed by atoms with Gasteiger partial charge in [-0.3, -0.25) is 0 Å². The van der Waals surface area contributed by atoms with Gasteiger partial charge in [-0.2, -0.15) is 0 Å². The molecule has 4 atom stereocenters. The fourth-order valence-electron chi connectivity index (χ4n) is 2.28. The highest BCUT2D eigenvalue weighted by Crippen LogP contribution is 2.59. The lowest BCUT2D eigenvalue weighted by molar-refractivity contribution is -0.160. The maximum absolute atomic E-state index is 12.3. The van der Waals surface area contributed by atoms with E-state index in [0.717, 1.165) is 0 Å². The zero-order chi connectivity index (χ0) is 14.1. The summed E-state index contributed by atoms with van der Waals surface area (Å²) in [5.74, 6) is -0.645. The van der Waals surface area contributed by atoms with Crippen LogP contribution in [0.15, 0.2) is 23.8 Å². The number of aliphatic hydroxyl groups is 1. The van der Waals surface area contributed by atoms with Crippen LogP contribution in [0.2, 0.25) is 0 Å². The van der Waals surface area contributed by atoms with Crippen LogP contribution < -0.4 is 0 Å². The summed E-state index contributed by atoms with van der Waals surface area (Å²) in [4.78, 5) is 12.3. The number of carbonyl (C=O) groups is 1. The molecule has 4 unspecified atom stereocenters. The Morgan fingerprint density at radius 1 is 1.53 bits per heavy atom. The van der Waals surface area contributed by atoms with E-state index >= 15 is 0 Å². The molecule has 0 amide bonds. The van der Waals surface area contributed by atoms with Crippen LogP contribution in [-0.4, -0.2) is 39.6 Å². The Balaban J connectivity index is 1.92. The van der Waals surface area contributed by atoms with Crippen molar-refractivity contribution in [2.24, 2.45) is 0 Å². The van der Waals surface area contributed by atoms with Crippen molar-refractivity contribution in [3.05, 3.63) is 23.8 Å². The number of hydrogen-bond donors (Lipinski definition) is 2. The number of ether oxygens (including phenoxy) is 3. The largest absolute Gasteiger partial charge is 0.457 e. The molecular formula is C13H16O5S. The average Bonchev–Trinajstić information content (AvgIpc) is 3.09. The minimum absolute atomic E-state index is 0.0485. The molecule has 3 rings (SSSR count). The van der Waals surface area contributed by atoms with Gasteiger partial charge in [0.1, 0.15) is 17.8 Å².